The van der Waals surface area contributed by atoms with Crippen LogP contribution in [-0.4, -0.2) is 16.7 Å². The number of methoxy groups -OCH3 is 1. The van der Waals surface area contributed by atoms with Crippen molar-refractivity contribution in [2.75, 3.05) is 7.11 Å². The lowest BCUT2D eigenvalue weighted by molar-refractivity contribution is 0.418. The molecule has 0 aromatic carbocycles. The van der Waals surface area contributed by atoms with Crippen molar-refractivity contribution in [2.45, 2.75) is 0 Å². The lowest BCUT2D eigenvalue weighted by Crippen LogP contribution is -1.90. The van der Waals surface area contributed by atoms with E-state index in [4.69, 9.17) is 4.74 Å². The summed E-state index contributed by atoms with van der Waals surface area (Å²) in [4.78, 5) is 4.18. The second-order valence-corrected chi connectivity index (χ2v) is 3.56. The zero-order valence-corrected chi connectivity index (χ0v) is 9.00. The molecular weight excluding hydrogens is 232 g/mol. The summed E-state index contributed by atoms with van der Waals surface area (Å²) in [5.41, 5.74) is 1.05. The normalized spacial score (nSPS) is 10.7. The third-order valence-electron chi connectivity index (χ3n) is 2.05. The first-order valence-corrected chi connectivity index (χ1v) is 4.67. The molecule has 0 amide bonds. The Hall–Kier alpha value is -1.03. The third kappa shape index (κ3) is 1.21. The first-order valence-electron chi connectivity index (χ1n) is 3.87. The van der Waals surface area contributed by atoms with Gasteiger partial charge in [-0.1, -0.05) is 0 Å². The molecule has 3 nitrogen and oxygen atoms in total. The maximum Gasteiger partial charge on any atom is 0.146 e. The molecule has 0 atom stereocenters. The topological polar surface area (TPSA) is 27.1 Å². The molecule has 0 saturated carbocycles. The van der Waals surface area contributed by atoms with E-state index < -0.39 is 0 Å². The lowest BCUT2D eigenvalue weighted by Gasteiger charge is -2.03. The Morgan fingerprint density at radius 1 is 1.54 bits per heavy atom. The van der Waals surface area contributed by atoms with Crippen LogP contribution in [0.4, 0.5) is 0 Å². The largest absolute Gasteiger partial charge is 0.494 e. The number of fused-ring (bicyclic) bond motifs is 1. The van der Waals surface area contributed by atoms with Crippen molar-refractivity contribution in [3.63, 3.8) is 0 Å². The number of ether oxygens (including phenoxy) is 1. The molecule has 0 aliphatic heterocycles. The van der Waals surface area contributed by atoms with Crippen LogP contribution in [0.3, 0.4) is 0 Å². The smallest absolute Gasteiger partial charge is 0.146 e. The second kappa shape index (κ2) is 3.03. The molecule has 0 saturated heterocycles. The first-order chi connectivity index (χ1) is 6.24. The van der Waals surface area contributed by atoms with Crippen molar-refractivity contribution < 1.29 is 4.74 Å². The fraction of sp³-hybridized carbons (Fsp3) is 0.222. The highest BCUT2D eigenvalue weighted by Crippen LogP contribution is 2.29. The zero-order chi connectivity index (χ0) is 9.42. The molecule has 0 radical (unpaired) electrons. The number of rotatable bonds is 1. The van der Waals surface area contributed by atoms with Crippen LogP contribution < -0.4 is 4.74 Å². The van der Waals surface area contributed by atoms with E-state index in [9.17, 15) is 0 Å². The fourth-order valence-corrected chi connectivity index (χ4v) is 1.99. The van der Waals surface area contributed by atoms with Gasteiger partial charge in [0.2, 0.25) is 0 Å². The fourth-order valence-electron chi connectivity index (χ4n) is 1.39. The van der Waals surface area contributed by atoms with Crippen LogP contribution in [0.15, 0.2) is 23.1 Å². The summed E-state index contributed by atoms with van der Waals surface area (Å²) in [5.74, 6) is 0.804. The van der Waals surface area contributed by atoms with E-state index >= 15 is 0 Å². The Kier molecular flexibility index (Phi) is 2.00. The molecule has 0 spiro atoms. The number of aromatic nitrogens is 2. The summed E-state index contributed by atoms with van der Waals surface area (Å²) in [6.45, 7) is 0. The maximum absolute atomic E-state index is 5.20. The van der Waals surface area contributed by atoms with Gasteiger partial charge in [0.1, 0.15) is 10.4 Å². The van der Waals surface area contributed by atoms with Crippen molar-refractivity contribution in [2.24, 2.45) is 7.05 Å². The number of aryl methyl sites for hydroxylation is 1. The van der Waals surface area contributed by atoms with Crippen LogP contribution in [0.1, 0.15) is 0 Å². The molecule has 2 aromatic heterocycles. The number of pyridine rings is 1. The molecule has 2 heterocycles. The van der Waals surface area contributed by atoms with Gasteiger partial charge in [-0.05, 0) is 22.0 Å². The first kappa shape index (κ1) is 8.56. The molecule has 2 rings (SSSR count). The van der Waals surface area contributed by atoms with Gasteiger partial charge < -0.3 is 9.30 Å². The molecule has 0 bridgehead atoms. The van der Waals surface area contributed by atoms with E-state index in [2.05, 4.69) is 20.9 Å². The highest BCUT2D eigenvalue weighted by atomic mass is 79.9. The van der Waals surface area contributed by atoms with E-state index in [1.54, 1.807) is 13.3 Å². The number of nitrogens with zero attached hydrogens (tertiary/aromatic N) is 2. The Labute approximate surface area is 84.5 Å². The molecule has 2 aromatic rings. The summed E-state index contributed by atoms with van der Waals surface area (Å²) in [7, 11) is 3.63. The average molecular weight is 241 g/mol. The third-order valence-corrected chi connectivity index (χ3v) is 2.63. The van der Waals surface area contributed by atoms with Gasteiger partial charge in [-0.3, -0.25) is 0 Å². The molecule has 68 valence electrons. The molecule has 0 aliphatic carbocycles. The minimum atomic E-state index is 0.804. The predicted octanol–water partition coefficient (Wildman–Crippen LogP) is 2.34. The van der Waals surface area contributed by atoms with E-state index in [1.807, 2.05) is 23.9 Å². The van der Waals surface area contributed by atoms with Gasteiger partial charge in [-0.2, -0.15) is 0 Å². The monoisotopic (exact) mass is 240 g/mol. The van der Waals surface area contributed by atoms with Crippen LogP contribution in [0.5, 0.6) is 5.75 Å². The highest BCUT2D eigenvalue weighted by molar-refractivity contribution is 9.10. The summed E-state index contributed by atoms with van der Waals surface area (Å²) in [6, 6.07) is 2.01. The van der Waals surface area contributed by atoms with Crippen LogP contribution >= 0.6 is 15.9 Å². The minimum absolute atomic E-state index is 0.804. The van der Waals surface area contributed by atoms with Gasteiger partial charge in [0.15, 0.2) is 0 Å². The van der Waals surface area contributed by atoms with E-state index in [-0.39, 0.29) is 0 Å². The lowest BCUT2D eigenvalue weighted by atomic mass is 10.3. The number of hydrogen-bond donors (Lipinski definition) is 0. The molecular formula is C9H9BrN2O. The molecule has 0 aliphatic rings. The SMILES string of the molecule is COc1cnc(Br)c2c1ccn2C. The Bertz CT molecular complexity index is 450. The minimum Gasteiger partial charge on any atom is -0.494 e. The highest BCUT2D eigenvalue weighted by Gasteiger charge is 2.08. The van der Waals surface area contributed by atoms with E-state index in [1.165, 1.54) is 0 Å². The summed E-state index contributed by atoms with van der Waals surface area (Å²) < 4.78 is 8.05. The van der Waals surface area contributed by atoms with Crippen LogP contribution in [0.2, 0.25) is 0 Å². The van der Waals surface area contributed by atoms with E-state index in [0.29, 0.717) is 0 Å². The van der Waals surface area contributed by atoms with Crippen molar-refractivity contribution in [3.8, 4) is 5.75 Å². The van der Waals surface area contributed by atoms with Gasteiger partial charge in [-0.15, -0.1) is 0 Å². The van der Waals surface area contributed by atoms with Gasteiger partial charge in [0.25, 0.3) is 0 Å². The van der Waals surface area contributed by atoms with Gasteiger partial charge in [0.05, 0.1) is 18.8 Å². The predicted molar refractivity (Wildman–Crippen MR) is 55.0 cm³/mol. The Morgan fingerprint density at radius 3 is 3.00 bits per heavy atom. The van der Waals surface area contributed by atoms with Crippen molar-refractivity contribution in [1.29, 1.82) is 0 Å². The molecule has 0 N–H and O–H groups in total. The van der Waals surface area contributed by atoms with E-state index in [0.717, 1.165) is 21.3 Å². The maximum atomic E-state index is 5.20. The van der Waals surface area contributed by atoms with Gasteiger partial charge in [0, 0.05) is 18.6 Å². The molecule has 0 unspecified atom stereocenters. The van der Waals surface area contributed by atoms with Gasteiger partial charge >= 0.3 is 0 Å². The Balaban J connectivity index is 2.87. The standard InChI is InChI=1S/C9H9BrN2O/c1-12-4-3-6-7(13-2)5-11-9(10)8(6)12/h3-5H,1-2H3. The summed E-state index contributed by atoms with van der Waals surface area (Å²) in [5, 5.41) is 1.08. The summed E-state index contributed by atoms with van der Waals surface area (Å²) in [6.07, 6.45) is 3.70. The molecule has 4 heteroatoms. The van der Waals surface area contributed by atoms with Crippen molar-refractivity contribution in [3.05, 3.63) is 23.1 Å². The average Bonchev–Trinajstić information content (AvgIpc) is 2.50. The Morgan fingerprint density at radius 2 is 2.31 bits per heavy atom. The van der Waals surface area contributed by atoms with Crippen LogP contribution in [-0.2, 0) is 7.05 Å². The number of hydrogen-bond acceptors (Lipinski definition) is 2. The number of halogens is 1. The summed E-state index contributed by atoms with van der Waals surface area (Å²) >= 11 is 3.40. The van der Waals surface area contributed by atoms with Gasteiger partial charge in [-0.25, -0.2) is 4.98 Å². The quantitative estimate of drug-likeness (QED) is 0.716. The van der Waals surface area contributed by atoms with Crippen LogP contribution in [0.25, 0.3) is 10.9 Å². The molecule has 13 heavy (non-hydrogen) atoms. The zero-order valence-electron chi connectivity index (χ0n) is 7.41. The van der Waals surface area contributed by atoms with Crippen molar-refractivity contribution in [1.82, 2.24) is 9.55 Å². The van der Waals surface area contributed by atoms with Crippen molar-refractivity contribution >= 4 is 26.8 Å². The second-order valence-electron chi connectivity index (χ2n) is 2.81. The molecule has 0 fully saturated rings. The van der Waals surface area contributed by atoms with Crippen LogP contribution in [0, 0.1) is 0 Å².